The summed E-state index contributed by atoms with van der Waals surface area (Å²) in [6, 6.07) is 2.21. The maximum atomic E-state index is 6.07. The molecule has 0 radical (unpaired) electrons. The van der Waals surface area contributed by atoms with Crippen molar-refractivity contribution in [1.29, 1.82) is 0 Å². The second-order valence-electron chi connectivity index (χ2n) is 5.20. The molecule has 0 spiro atoms. The van der Waals surface area contributed by atoms with Crippen LogP contribution in [0.4, 0.5) is 0 Å². The number of rotatable bonds is 1. The SMILES string of the molecule is COC1c2c(C)cc(C)c(C)c2OC1(C)C. The van der Waals surface area contributed by atoms with E-state index in [-0.39, 0.29) is 11.7 Å². The molecule has 0 N–H and O–H groups in total. The molecular weight excluding hydrogens is 200 g/mol. The van der Waals surface area contributed by atoms with Gasteiger partial charge < -0.3 is 9.47 Å². The number of aryl methyl sites for hydroxylation is 2. The minimum atomic E-state index is -0.277. The number of hydrogen-bond acceptors (Lipinski definition) is 2. The minimum Gasteiger partial charge on any atom is -0.484 e. The van der Waals surface area contributed by atoms with E-state index in [1.54, 1.807) is 7.11 Å². The van der Waals surface area contributed by atoms with Gasteiger partial charge in [0.2, 0.25) is 0 Å². The van der Waals surface area contributed by atoms with Crippen LogP contribution in [0.25, 0.3) is 0 Å². The summed E-state index contributed by atoms with van der Waals surface area (Å²) in [6.07, 6.45) is 0.0294. The molecule has 1 aromatic rings. The van der Waals surface area contributed by atoms with Crippen LogP contribution in [-0.4, -0.2) is 12.7 Å². The minimum absolute atomic E-state index is 0.0294. The van der Waals surface area contributed by atoms with Gasteiger partial charge in [0.05, 0.1) is 0 Å². The van der Waals surface area contributed by atoms with Crippen molar-refractivity contribution in [2.75, 3.05) is 7.11 Å². The quantitative estimate of drug-likeness (QED) is 0.721. The Morgan fingerprint density at radius 1 is 1.19 bits per heavy atom. The Labute approximate surface area is 97.6 Å². The summed E-state index contributed by atoms with van der Waals surface area (Å²) < 4.78 is 11.7. The first-order valence-electron chi connectivity index (χ1n) is 5.71. The van der Waals surface area contributed by atoms with Crippen LogP contribution in [0.15, 0.2) is 6.07 Å². The summed E-state index contributed by atoms with van der Waals surface area (Å²) in [5.41, 5.74) is 4.71. The summed E-state index contributed by atoms with van der Waals surface area (Å²) >= 11 is 0. The number of hydrogen-bond donors (Lipinski definition) is 0. The van der Waals surface area contributed by atoms with Gasteiger partial charge in [-0.2, -0.15) is 0 Å². The van der Waals surface area contributed by atoms with Gasteiger partial charge in [-0.1, -0.05) is 6.07 Å². The first-order valence-corrected chi connectivity index (χ1v) is 5.71. The Morgan fingerprint density at radius 2 is 1.81 bits per heavy atom. The van der Waals surface area contributed by atoms with Crippen molar-refractivity contribution in [3.05, 3.63) is 28.3 Å². The molecule has 2 nitrogen and oxygen atoms in total. The smallest absolute Gasteiger partial charge is 0.134 e. The standard InChI is InChI=1S/C14H20O2/c1-8-7-9(2)11-12(10(8)3)16-14(4,5)13(11)15-6/h7,13H,1-6H3. The first kappa shape index (κ1) is 11.5. The van der Waals surface area contributed by atoms with Crippen molar-refractivity contribution in [2.45, 2.75) is 46.3 Å². The average molecular weight is 220 g/mol. The maximum Gasteiger partial charge on any atom is 0.134 e. The van der Waals surface area contributed by atoms with E-state index in [0.717, 1.165) is 5.75 Å². The van der Waals surface area contributed by atoms with Crippen LogP contribution < -0.4 is 4.74 Å². The molecule has 0 saturated carbocycles. The van der Waals surface area contributed by atoms with E-state index in [2.05, 4.69) is 40.7 Å². The second-order valence-corrected chi connectivity index (χ2v) is 5.20. The van der Waals surface area contributed by atoms with Gasteiger partial charge in [0, 0.05) is 12.7 Å². The fraction of sp³-hybridized carbons (Fsp3) is 0.571. The van der Waals surface area contributed by atoms with Crippen molar-refractivity contribution < 1.29 is 9.47 Å². The predicted molar refractivity (Wildman–Crippen MR) is 65.1 cm³/mol. The largest absolute Gasteiger partial charge is 0.484 e. The number of methoxy groups -OCH3 is 1. The third-order valence-electron chi connectivity index (χ3n) is 3.53. The molecule has 1 aromatic carbocycles. The summed E-state index contributed by atoms with van der Waals surface area (Å²) in [6.45, 7) is 10.5. The van der Waals surface area contributed by atoms with Crippen LogP contribution in [-0.2, 0) is 4.74 Å². The lowest BCUT2D eigenvalue weighted by Gasteiger charge is -2.25. The van der Waals surface area contributed by atoms with Crippen molar-refractivity contribution in [3.63, 3.8) is 0 Å². The van der Waals surface area contributed by atoms with Crippen LogP contribution in [0.2, 0.25) is 0 Å². The highest BCUT2D eigenvalue weighted by Crippen LogP contribution is 2.48. The molecule has 1 aliphatic heterocycles. The number of ether oxygens (including phenoxy) is 2. The fourth-order valence-electron chi connectivity index (χ4n) is 2.59. The van der Waals surface area contributed by atoms with Gasteiger partial charge in [-0.15, -0.1) is 0 Å². The van der Waals surface area contributed by atoms with Gasteiger partial charge in [0.25, 0.3) is 0 Å². The Kier molecular flexibility index (Phi) is 2.50. The first-order chi connectivity index (χ1) is 7.38. The lowest BCUT2D eigenvalue weighted by molar-refractivity contribution is -0.0282. The zero-order valence-electron chi connectivity index (χ0n) is 11.0. The van der Waals surface area contributed by atoms with Crippen LogP contribution in [0.5, 0.6) is 5.75 Å². The topological polar surface area (TPSA) is 18.5 Å². The van der Waals surface area contributed by atoms with Gasteiger partial charge >= 0.3 is 0 Å². The summed E-state index contributed by atoms with van der Waals surface area (Å²) in [7, 11) is 1.75. The maximum absolute atomic E-state index is 6.07. The zero-order valence-corrected chi connectivity index (χ0v) is 11.0. The summed E-state index contributed by atoms with van der Waals surface area (Å²) in [5.74, 6) is 1.02. The molecule has 16 heavy (non-hydrogen) atoms. The van der Waals surface area contributed by atoms with Crippen molar-refractivity contribution in [1.82, 2.24) is 0 Å². The van der Waals surface area contributed by atoms with Gasteiger partial charge in [-0.05, 0) is 51.3 Å². The lowest BCUT2D eigenvalue weighted by Crippen LogP contribution is -2.31. The highest BCUT2D eigenvalue weighted by atomic mass is 16.6. The van der Waals surface area contributed by atoms with Crippen LogP contribution in [0.1, 0.15) is 42.2 Å². The zero-order chi connectivity index (χ0) is 12.1. The van der Waals surface area contributed by atoms with E-state index >= 15 is 0 Å². The van der Waals surface area contributed by atoms with Crippen LogP contribution in [0, 0.1) is 20.8 Å². The van der Waals surface area contributed by atoms with Crippen LogP contribution in [0.3, 0.4) is 0 Å². The van der Waals surface area contributed by atoms with Crippen LogP contribution >= 0.6 is 0 Å². The molecule has 0 aromatic heterocycles. The average Bonchev–Trinajstić information content (AvgIpc) is 2.46. The van der Waals surface area contributed by atoms with Crippen molar-refractivity contribution in [2.24, 2.45) is 0 Å². The summed E-state index contributed by atoms with van der Waals surface area (Å²) in [5, 5.41) is 0. The number of fused-ring (bicyclic) bond motifs is 1. The third kappa shape index (κ3) is 1.44. The van der Waals surface area contributed by atoms with Crippen molar-refractivity contribution in [3.8, 4) is 5.75 Å². The van der Waals surface area contributed by atoms with Gasteiger partial charge in [-0.3, -0.25) is 0 Å². The molecule has 2 heteroatoms. The van der Waals surface area contributed by atoms with E-state index < -0.39 is 0 Å². The molecule has 88 valence electrons. The monoisotopic (exact) mass is 220 g/mol. The predicted octanol–water partition coefficient (Wildman–Crippen LogP) is 3.47. The Hall–Kier alpha value is -1.02. The number of benzene rings is 1. The highest BCUT2D eigenvalue weighted by molar-refractivity contribution is 5.54. The molecule has 0 saturated heterocycles. The molecule has 1 aliphatic rings. The van der Waals surface area contributed by atoms with E-state index in [1.807, 2.05) is 0 Å². The van der Waals surface area contributed by atoms with E-state index in [4.69, 9.17) is 9.47 Å². The molecule has 0 bridgehead atoms. The second kappa shape index (κ2) is 3.49. The Balaban J connectivity index is 2.67. The van der Waals surface area contributed by atoms with E-state index in [0.29, 0.717) is 0 Å². The van der Waals surface area contributed by atoms with Gasteiger partial charge in [0.1, 0.15) is 17.5 Å². The molecule has 1 heterocycles. The molecular formula is C14H20O2. The molecule has 0 aliphatic carbocycles. The molecule has 2 rings (SSSR count). The lowest BCUT2D eigenvalue weighted by atomic mass is 9.91. The van der Waals surface area contributed by atoms with Crippen molar-refractivity contribution >= 4 is 0 Å². The fourth-order valence-corrected chi connectivity index (χ4v) is 2.59. The molecule has 1 unspecified atom stereocenters. The molecule has 0 amide bonds. The van der Waals surface area contributed by atoms with Gasteiger partial charge in [0.15, 0.2) is 0 Å². The Bertz CT molecular complexity index is 433. The van der Waals surface area contributed by atoms with Gasteiger partial charge in [-0.25, -0.2) is 0 Å². The third-order valence-corrected chi connectivity index (χ3v) is 3.53. The molecule has 1 atom stereocenters. The van der Waals surface area contributed by atoms with E-state index in [1.165, 1.54) is 22.3 Å². The van der Waals surface area contributed by atoms with E-state index in [9.17, 15) is 0 Å². The molecule has 0 fully saturated rings. The summed E-state index contributed by atoms with van der Waals surface area (Å²) in [4.78, 5) is 0. The Morgan fingerprint density at radius 3 is 2.38 bits per heavy atom. The normalized spacial score (nSPS) is 21.8. The highest BCUT2D eigenvalue weighted by Gasteiger charge is 2.43.